The van der Waals surface area contributed by atoms with E-state index in [-0.39, 0.29) is 12.1 Å². The molecule has 1 saturated heterocycles. The first kappa shape index (κ1) is 13.2. The largest absolute Gasteiger partial charge is 0.497 e. The van der Waals surface area contributed by atoms with E-state index in [0.29, 0.717) is 0 Å². The van der Waals surface area contributed by atoms with Gasteiger partial charge in [-0.3, -0.25) is 0 Å². The Bertz CT molecular complexity index is 381. The highest BCUT2D eigenvalue weighted by Crippen LogP contribution is 2.27. The van der Waals surface area contributed by atoms with Crippen molar-refractivity contribution >= 4 is 5.69 Å². The molecule has 0 aliphatic carbocycles. The number of anilines is 1. The van der Waals surface area contributed by atoms with Gasteiger partial charge < -0.3 is 20.1 Å². The van der Waals surface area contributed by atoms with Crippen molar-refractivity contribution in [3.63, 3.8) is 0 Å². The van der Waals surface area contributed by atoms with Gasteiger partial charge in [0.15, 0.2) is 0 Å². The van der Waals surface area contributed by atoms with E-state index < -0.39 is 0 Å². The Hall–Kier alpha value is -1.26. The smallest absolute Gasteiger partial charge is 0.120 e. The molecular formula is C14H22N2O2. The fourth-order valence-corrected chi connectivity index (χ4v) is 2.49. The monoisotopic (exact) mass is 250 g/mol. The highest BCUT2D eigenvalue weighted by molar-refractivity contribution is 5.51. The second kappa shape index (κ2) is 5.59. The lowest BCUT2D eigenvalue weighted by Crippen LogP contribution is -2.54. The van der Waals surface area contributed by atoms with E-state index in [0.717, 1.165) is 31.7 Å². The van der Waals surface area contributed by atoms with E-state index in [9.17, 15) is 5.11 Å². The average Bonchev–Trinajstić information content (AvgIpc) is 2.47. The molecule has 4 nitrogen and oxygen atoms in total. The number of rotatable bonds is 4. The highest BCUT2D eigenvalue weighted by atomic mass is 16.5. The van der Waals surface area contributed by atoms with Crippen LogP contribution in [-0.4, -0.2) is 44.5 Å². The number of piperidine rings is 1. The number of nitrogens with zero attached hydrogens (tertiary/aromatic N) is 1. The van der Waals surface area contributed by atoms with E-state index in [1.807, 2.05) is 19.2 Å². The van der Waals surface area contributed by atoms with Crippen LogP contribution >= 0.6 is 0 Å². The molecule has 1 aromatic carbocycles. The number of methoxy groups -OCH3 is 1. The van der Waals surface area contributed by atoms with Crippen molar-refractivity contribution in [3.8, 4) is 5.75 Å². The number of benzene rings is 1. The number of likely N-dealkylation sites (N-methyl/N-ethyl adjacent to an activating group) is 1. The summed E-state index contributed by atoms with van der Waals surface area (Å²) < 4.78 is 5.25. The lowest BCUT2D eigenvalue weighted by atomic mass is 9.88. The Morgan fingerprint density at radius 1 is 1.39 bits per heavy atom. The van der Waals surface area contributed by atoms with Crippen LogP contribution in [0.5, 0.6) is 5.75 Å². The third kappa shape index (κ3) is 2.60. The van der Waals surface area contributed by atoms with Crippen LogP contribution < -0.4 is 15.0 Å². The first-order valence-corrected chi connectivity index (χ1v) is 6.42. The van der Waals surface area contributed by atoms with Crippen LogP contribution in [0.2, 0.25) is 0 Å². The van der Waals surface area contributed by atoms with E-state index >= 15 is 0 Å². The van der Waals surface area contributed by atoms with Crippen LogP contribution in [0.15, 0.2) is 24.3 Å². The maximum absolute atomic E-state index is 9.48. The number of hydrogen-bond donors (Lipinski definition) is 2. The summed E-state index contributed by atoms with van der Waals surface area (Å²) in [7, 11) is 3.62. The van der Waals surface area contributed by atoms with Crippen LogP contribution in [0.4, 0.5) is 5.69 Å². The molecule has 1 aromatic rings. The predicted octanol–water partition coefficient (Wildman–Crippen LogP) is 1.25. The Morgan fingerprint density at radius 3 is 2.67 bits per heavy atom. The van der Waals surface area contributed by atoms with Gasteiger partial charge in [-0.1, -0.05) is 6.07 Å². The Balaban J connectivity index is 2.04. The van der Waals surface area contributed by atoms with Gasteiger partial charge in [-0.15, -0.1) is 0 Å². The van der Waals surface area contributed by atoms with Crippen molar-refractivity contribution in [2.75, 3.05) is 38.8 Å². The fourth-order valence-electron chi connectivity index (χ4n) is 2.49. The number of nitrogens with one attached hydrogen (secondary N) is 1. The summed E-state index contributed by atoms with van der Waals surface area (Å²) in [6.45, 7) is 2.11. The molecule has 0 aromatic heterocycles. The molecule has 1 aliphatic heterocycles. The quantitative estimate of drug-likeness (QED) is 0.844. The SMILES string of the molecule is CNC1(CO)CCN(c2cccc(OC)c2)CC1. The van der Waals surface area contributed by atoms with Crippen LogP contribution in [-0.2, 0) is 0 Å². The standard InChI is InChI=1S/C14H22N2O2/c1-15-14(11-17)6-8-16(9-7-14)12-4-3-5-13(10-12)18-2/h3-5,10,15,17H,6-9,11H2,1-2H3. The molecule has 100 valence electrons. The predicted molar refractivity (Wildman–Crippen MR) is 73.3 cm³/mol. The van der Waals surface area contributed by atoms with Crippen LogP contribution in [0.1, 0.15) is 12.8 Å². The zero-order chi connectivity index (χ0) is 13.0. The lowest BCUT2D eigenvalue weighted by Gasteiger charge is -2.41. The maximum Gasteiger partial charge on any atom is 0.120 e. The molecular weight excluding hydrogens is 228 g/mol. The zero-order valence-corrected chi connectivity index (χ0v) is 11.1. The minimum Gasteiger partial charge on any atom is -0.497 e. The van der Waals surface area contributed by atoms with Gasteiger partial charge in [-0.25, -0.2) is 0 Å². The summed E-state index contributed by atoms with van der Waals surface area (Å²) in [4.78, 5) is 2.34. The number of ether oxygens (including phenoxy) is 1. The second-order valence-electron chi connectivity index (χ2n) is 4.88. The summed E-state index contributed by atoms with van der Waals surface area (Å²) >= 11 is 0. The highest BCUT2D eigenvalue weighted by Gasteiger charge is 2.32. The third-order valence-corrected chi connectivity index (χ3v) is 3.97. The summed E-state index contributed by atoms with van der Waals surface area (Å²) in [5.41, 5.74) is 1.09. The van der Waals surface area contributed by atoms with Crippen molar-refractivity contribution in [1.82, 2.24) is 5.32 Å². The molecule has 1 heterocycles. The first-order valence-electron chi connectivity index (χ1n) is 6.42. The minimum absolute atomic E-state index is 0.102. The normalized spacial score (nSPS) is 18.7. The van der Waals surface area contributed by atoms with Gasteiger partial charge >= 0.3 is 0 Å². The average molecular weight is 250 g/mol. The molecule has 0 radical (unpaired) electrons. The Morgan fingerprint density at radius 2 is 2.11 bits per heavy atom. The fraction of sp³-hybridized carbons (Fsp3) is 0.571. The molecule has 18 heavy (non-hydrogen) atoms. The number of aliphatic hydroxyl groups excluding tert-OH is 1. The molecule has 0 bridgehead atoms. The van der Waals surface area contributed by atoms with Gasteiger partial charge in [0, 0.05) is 30.4 Å². The second-order valence-corrected chi connectivity index (χ2v) is 4.88. The molecule has 1 aliphatic rings. The van der Waals surface area contributed by atoms with E-state index in [1.165, 1.54) is 5.69 Å². The first-order chi connectivity index (χ1) is 8.73. The maximum atomic E-state index is 9.48. The van der Waals surface area contributed by atoms with Gasteiger partial charge in [0.1, 0.15) is 5.75 Å². The summed E-state index contributed by atoms with van der Waals surface area (Å²) in [5.74, 6) is 0.889. The van der Waals surface area contributed by atoms with Gasteiger partial charge in [0.05, 0.1) is 13.7 Å². The Kier molecular flexibility index (Phi) is 4.09. The van der Waals surface area contributed by atoms with Gasteiger partial charge in [-0.05, 0) is 32.0 Å². The van der Waals surface area contributed by atoms with E-state index in [4.69, 9.17) is 4.74 Å². The van der Waals surface area contributed by atoms with Crippen LogP contribution in [0.25, 0.3) is 0 Å². The summed E-state index contributed by atoms with van der Waals surface area (Å²) in [5, 5.41) is 12.7. The van der Waals surface area contributed by atoms with Crippen LogP contribution in [0, 0.1) is 0 Å². The molecule has 0 unspecified atom stereocenters. The van der Waals surface area contributed by atoms with E-state index in [1.54, 1.807) is 7.11 Å². The Labute approximate surface area is 109 Å². The molecule has 0 atom stereocenters. The summed E-state index contributed by atoms with van der Waals surface area (Å²) in [6, 6.07) is 8.14. The lowest BCUT2D eigenvalue weighted by molar-refractivity contribution is 0.142. The third-order valence-electron chi connectivity index (χ3n) is 3.97. The van der Waals surface area contributed by atoms with E-state index in [2.05, 4.69) is 22.3 Å². The topological polar surface area (TPSA) is 44.7 Å². The molecule has 0 amide bonds. The van der Waals surface area contributed by atoms with Crippen LogP contribution in [0.3, 0.4) is 0 Å². The van der Waals surface area contributed by atoms with Gasteiger partial charge in [-0.2, -0.15) is 0 Å². The molecule has 4 heteroatoms. The summed E-state index contributed by atoms with van der Waals surface area (Å²) in [6.07, 6.45) is 1.91. The van der Waals surface area contributed by atoms with Crippen molar-refractivity contribution in [2.45, 2.75) is 18.4 Å². The minimum atomic E-state index is -0.102. The van der Waals surface area contributed by atoms with Crippen molar-refractivity contribution < 1.29 is 9.84 Å². The molecule has 2 rings (SSSR count). The molecule has 0 saturated carbocycles. The number of aliphatic hydroxyl groups is 1. The van der Waals surface area contributed by atoms with Gasteiger partial charge in [0.25, 0.3) is 0 Å². The molecule has 1 fully saturated rings. The zero-order valence-electron chi connectivity index (χ0n) is 11.1. The van der Waals surface area contributed by atoms with Crippen molar-refractivity contribution in [1.29, 1.82) is 0 Å². The van der Waals surface area contributed by atoms with Gasteiger partial charge in [0.2, 0.25) is 0 Å². The molecule has 0 spiro atoms. The molecule has 2 N–H and O–H groups in total. The van der Waals surface area contributed by atoms with Crippen molar-refractivity contribution in [3.05, 3.63) is 24.3 Å². The van der Waals surface area contributed by atoms with Crippen molar-refractivity contribution in [2.24, 2.45) is 0 Å². The number of hydrogen-bond acceptors (Lipinski definition) is 4.